The Balaban J connectivity index is 2.07. The molecule has 29 heavy (non-hydrogen) atoms. The highest BCUT2D eigenvalue weighted by Crippen LogP contribution is 2.20. The molecule has 2 N–H and O–H groups in total. The van der Waals surface area contributed by atoms with Gasteiger partial charge < -0.3 is 15.4 Å². The van der Waals surface area contributed by atoms with Gasteiger partial charge in [-0.05, 0) is 30.7 Å². The first kappa shape index (κ1) is 22.4. The van der Waals surface area contributed by atoms with Crippen molar-refractivity contribution in [1.29, 1.82) is 0 Å². The van der Waals surface area contributed by atoms with Crippen LogP contribution in [-0.4, -0.2) is 38.8 Å². The van der Waals surface area contributed by atoms with Gasteiger partial charge in [0.05, 0.1) is 24.1 Å². The largest absolute Gasteiger partial charge is 0.497 e. The number of hydrogen-bond donors (Lipinski definition) is 2. The molecule has 8 heteroatoms. The Hall–Kier alpha value is -2.87. The van der Waals surface area contributed by atoms with Crippen LogP contribution in [-0.2, 0) is 14.6 Å². The minimum Gasteiger partial charge on any atom is -0.497 e. The van der Waals surface area contributed by atoms with Crippen molar-refractivity contribution in [2.75, 3.05) is 29.2 Å². The summed E-state index contributed by atoms with van der Waals surface area (Å²) >= 11 is 0. The minimum absolute atomic E-state index is 0.0216. The number of benzene rings is 2. The SMILES string of the molecule is CCCCCS(=O)(=O)CC(=O)Nc1ccccc1C(=O)Nc1cccc(OC)c1. The fourth-order valence-electron chi connectivity index (χ4n) is 2.72. The van der Waals surface area contributed by atoms with Crippen molar-refractivity contribution in [1.82, 2.24) is 0 Å². The maximum Gasteiger partial charge on any atom is 0.257 e. The molecule has 2 rings (SSSR count). The van der Waals surface area contributed by atoms with E-state index in [0.717, 1.165) is 12.8 Å². The number of amides is 2. The van der Waals surface area contributed by atoms with Gasteiger partial charge in [0.1, 0.15) is 11.5 Å². The summed E-state index contributed by atoms with van der Waals surface area (Å²) in [4.78, 5) is 24.9. The van der Waals surface area contributed by atoms with Crippen molar-refractivity contribution >= 4 is 33.0 Å². The summed E-state index contributed by atoms with van der Waals surface area (Å²) in [5, 5.41) is 5.28. The first-order chi connectivity index (χ1) is 13.8. The zero-order chi connectivity index (χ0) is 21.3. The van der Waals surface area contributed by atoms with E-state index >= 15 is 0 Å². The molecule has 156 valence electrons. The second-order valence-electron chi connectivity index (χ2n) is 6.58. The molecule has 0 radical (unpaired) electrons. The molecule has 0 unspecified atom stereocenters. The van der Waals surface area contributed by atoms with Gasteiger partial charge in [-0.25, -0.2) is 8.42 Å². The summed E-state index contributed by atoms with van der Waals surface area (Å²) in [6.45, 7) is 1.98. The van der Waals surface area contributed by atoms with Gasteiger partial charge in [0, 0.05) is 11.8 Å². The number of hydrogen-bond acceptors (Lipinski definition) is 5. The molecule has 2 aromatic rings. The van der Waals surface area contributed by atoms with E-state index in [1.165, 1.54) is 7.11 Å². The van der Waals surface area contributed by atoms with Crippen molar-refractivity contribution in [3.63, 3.8) is 0 Å². The molecule has 0 aromatic heterocycles. The van der Waals surface area contributed by atoms with Crippen molar-refractivity contribution < 1.29 is 22.7 Å². The number of carbonyl (C=O) groups excluding carboxylic acids is 2. The van der Waals surface area contributed by atoms with E-state index in [2.05, 4.69) is 10.6 Å². The summed E-state index contributed by atoms with van der Waals surface area (Å²) in [6.07, 6.45) is 2.23. The highest BCUT2D eigenvalue weighted by atomic mass is 32.2. The number of methoxy groups -OCH3 is 1. The predicted molar refractivity (Wildman–Crippen MR) is 114 cm³/mol. The standard InChI is InChI=1S/C21H26N2O5S/c1-3-4-7-13-29(26,27)15-20(24)23-19-12-6-5-11-18(19)21(25)22-16-9-8-10-17(14-16)28-2/h5-6,8-12,14H,3-4,7,13,15H2,1-2H3,(H,22,25)(H,23,24). The zero-order valence-electron chi connectivity index (χ0n) is 16.6. The van der Waals surface area contributed by atoms with Crippen LogP contribution >= 0.6 is 0 Å². The van der Waals surface area contributed by atoms with Gasteiger partial charge in [0.25, 0.3) is 5.91 Å². The molecule has 0 saturated heterocycles. The van der Waals surface area contributed by atoms with Crippen LogP contribution in [0, 0.1) is 0 Å². The average molecular weight is 419 g/mol. The number of sulfone groups is 1. The van der Waals surface area contributed by atoms with E-state index in [-0.39, 0.29) is 17.0 Å². The Labute approximate surface area is 171 Å². The number of ether oxygens (including phenoxy) is 1. The van der Waals surface area contributed by atoms with E-state index in [4.69, 9.17) is 4.74 Å². The first-order valence-corrected chi connectivity index (χ1v) is 11.2. The van der Waals surface area contributed by atoms with Crippen molar-refractivity contribution in [2.45, 2.75) is 26.2 Å². The number of rotatable bonds is 10. The van der Waals surface area contributed by atoms with Crippen LogP contribution in [0.25, 0.3) is 0 Å². The molecular weight excluding hydrogens is 392 g/mol. The lowest BCUT2D eigenvalue weighted by atomic mass is 10.1. The fourth-order valence-corrected chi connectivity index (χ4v) is 3.98. The molecular formula is C21H26N2O5S. The van der Waals surface area contributed by atoms with Gasteiger partial charge in [-0.15, -0.1) is 0 Å². The molecule has 0 bridgehead atoms. The summed E-state index contributed by atoms with van der Waals surface area (Å²) in [7, 11) is -1.96. The topological polar surface area (TPSA) is 102 Å². The molecule has 0 spiro atoms. The number of anilines is 2. The second kappa shape index (κ2) is 10.6. The monoisotopic (exact) mass is 418 g/mol. The molecule has 0 aliphatic carbocycles. The molecule has 0 atom stereocenters. The van der Waals surface area contributed by atoms with Crippen LogP contribution in [0.3, 0.4) is 0 Å². The fraction of sp³-hybridized carbons (Fsp3) is 0.333. The van der Waals surface area contributed by atoms with E-state index in [0.29, 0.717) is 17.9 Å². The number of unbranched alkanes of at least 4 members (excludes halogenated alkanes) is 2. The van der Waals surface area contributed by atoms with Gasteiger partial charge in [-0.3, -0.25) is 9.59 Å². The van der Waals surface area contributed by atoms with Crippen LogP contribution in [0.1, 0.15) is 36.5 Å². The molecule has 2 aromatic carbocycles. The van der Waals surface area contributed by atoms with E-state index in [1.54, 1.807) is 48.5 Å². The molecule has 0 aliphatic rings. The molecule has 0 fully saturated rings. The predicted octanol–water partition coefficient (Wildman–Crippen LogP) is 3.49. The molecule has 2 amide bonds. The third-order valence-electron chi connectivity index (χ3n) is 4.18. The van der Waals surface area contributed by atoms with Crippen LogP contribution in [0.4, 0.5) is 11.4 Å². The second-order valence-corrected chi connectivity index (χ2v) is 8.76. The Morgan fingerprint density at radius 1 is 1.00 bits per heavy atom. The van der Waals surface area contributed by atoms with E-state index in [1.807, 2.05) is 6.92 Å². The zero-order valence-corrected chi connectivity index (χ0v) is 17.4. The number of para-hydroxylation sites is 1. The van der Waals surface area contributed by atoms with Gasteiger partial charge in [-0.2, -0.15) is 0 Å². The molecule has 0 saturated carbocycles. The summed E-state index contributed by atoms with van der Waals surface area (Å²) in [5.41, 5.74) is 1.02. The Bertz CT molecular complexity index is 957. The summed E-state index contributed by atoms with van der Waals surface area (Å²) in [6, 6.07) is 13.3. The minimum atomic E-state index is -3.49. The molecule has 7 nitrogen and oxygen atoms in total. The lowest BCUT2D eigenvalue weighted by Crippen LogP contribution is -2.26. The first-order valence-electron chi connectivity index (χ1n) is 9.39. The van der Waals surface area contributed by atoms with Gasteiger partial charge in [0.15, 0.2) is 9.84 Å². The third kappa shape index (κ3) is 7.23. The summed E-state index contributed by atoms with van der Waals surface area (Å²) in [5.74, 6) is -1.13. The van der Waals surface area contributed by atoms with Crippen molar-refractivity contribution in [2.24, 2.45) is 0 Å². The van der Waals surface area contributed by atoms with Crippen LogP contribution in [0.2, 0.25) is 0 Å². The average Bonchev–Trinajstić information content (AvgIpc) is 2.68. The molecule has 0 aliphatic heterocycles. The Morgan fingerprint density at radius 3 is 2.48 bits per heavy atom. The lowest BCUT2D eigenvalue weighted by molar-refractivity contribution is -0.113. The van der Waals surface area contributed by atoms with E-state index < -0.39 is 27.4 Å². The lowest BCUT2D eigenvalue weighted by Gasteiger charge is -2.12. The Morgan fingerprint density at radius 2 is 1.76 bits per heavy atom. The highest BCUT2D eigenvalue weighted by molar-refractivity contribution is 7.92. The number of nitrogens with one attached hydrogen (secondary N) is 2. The third-order valence-corrected chi connectivity index (χ3v) is 5.80. The number of carbonyl (C=O) groups is 2. The summed E-state index contributed by atoms with van der Waals surface area (Å²) < 4.78 is 29.3. The van der Waals surface area contributed by atoms with Gasteiger partial charge in [-0.1, -0.05) is 38.0 Å². The van der Waals surface area contributed by atoms with Gasteiger partial charge >= 0.3 is 0 Å². The van der Waals surface area contributed by atoms with Gasteiger partial charge in [0.2, 0.25) is 5.91 Å². The normalized spacial score (nSPS) is 11.0. The smallest absolute Gasteiger partial charge is 0.257 e. The molecule has 0 heterocycles. The van der Waals surface area contributed by atoms with E-state index in [9.17, 15) is 18.0 Å². The van der Waals surface area contributed by atoms with Crippen molar-refractivity contribution in [3.8, 4) is 5.75 Å². The maximum atomic E-state index is 12.7. The maximum absolute atomic E-state index is 12.7. The quantitative estimate of drug-likeness (QED) is 0.575. The highest BCUT2D eigenvalue weighted by Gasteiger charge is 2.19. The Kier molecular flexibility index (Phi) is 8.21. The van der Waals surface area contributed by atoms with Crippen LogP contribution < -0.4 is 15.4 Å². The van der Waals surface area contributed by atoms with Crippen molar-refractivity contribution in [3.05, 3.63) is 54.1 Å². The van der Waals surface area contributed by atoms with Crippen LogP contribution in [0.15, 0.2) is 48.5 Å². The van der Waals surface area contributed by atoms with Crippen LogP contribution in [0.5, 0.6) is 5.75 Å².